The van der Waals surface area contributed by atoms with Crippen LogP contribution in [0.15, 0.2) is 30.3 Å². The van der Waals surface area contributed by atoms with Crippen LogP contribution in [0.25, 0.3) is 0 Å². The summed E-state index contributed by atoms with van der Waals surface area (Å²) >= 11 is -0.159. The molecule has 0 spiro atoms. The molecule has 26 heavy (non-hydrogen) atoms. The van der Waals surface area contributed by atoms with Gasteiger partial charge in [0.05, 0.1) is 0 Å². The third-order valence-corrected chi connectivity index (χ3v) is 7.56. The van der Waals surface area contributed by atoms with Crippen molar-refractivity contribution in [3.8, 4) is 0 Å². The topological polar surface area (TPSA) is 86.6 Å². The van der Waals surface area contributed by atoms with Gasteiger partial charge in [0.25, 0.3) is 0 Å². The maximum atomic E-state index is 10.9. The van der Waals surface area contributed by atoms with E-state index in [4.69, 9.17) is 23.7 Å². The minimum absolute atomic E-state index is 0.159. The zero-order chi connectivity index (χ0) is 18.9. The summed E-state index contributed by atoms with van der Waals surface area (Å²) in [6.07, 6.45) is -2.93. The van der Waals surface area contributed by atoms with Gasteiger partial charge in [-0.25, -0.2) is 0 Å². The Morgan fingerprint density at radius 2 is 1.62 bits per heavy atom. The van der Waals surface area contributed by atoms with Crippen molar-refractivity contribution in [1.82, 2.24) is 0 Å². The van der Waals surface area contributed by atoms with Gasteiger partial charge in [0.15, 0.2) is 0 Å². The molecule has 2 aliphatic heterocycles. The number of fused-ring (bicyclic) bond motifs is 1. The Labute approximate surface area is 159 Å². The number of aliphatic hydroxyl groups is 2. The molecule has 1 aromatic rings. The average Bonchev–Trinajstić information content (AvgIpc) is 2.66. The Balaban J connectivity index is 1.86. The standard InChI is InChI=1S/C18H26O7Se/c1-17(21-3)18(2,22-4)25-15-13(20)16(23-12(10-19)14(15)24-17)26-11-8-6-5-7-9-11/h5-9,12-16,19-20H,10H2,1-4H3/t12-,13-,14+,15+,16+,17+,18+/m1/s1. The molecule has 2 fully saturated rings. The molecule has 146 valence electrons. The third-order valence-electron chi connectivity index (χ3n) is 5.12. The monoisotopic (exact) mass is 434 g/mol. The molecule has 8 heteroatoms. The second-order valence-electron chi connectivity index (χ2n) is 6.61. The van der Waals surface area contributed by atoms with Crippen LogP contribution >= 0.6 is 0 Å². The van der Waals surface area contributed by atoms with Crippen molar-refractivity contribution in [3.05, 3.63) is 30.3 Å². The molecule has 3 rings (SSSR count). The van der Waals surface area contributed by atoms with Crippen LogP contribution in [0.2, 0.25) is 0 Å². The number of methoxy groups -OCH3 is 2. The average molecular weight is 433 g/mol. The minimum atomic E-state index is -1.22. The Bertz CT molecular complexity index is 602. The predicted molar refractivity (Wildman–Crippen MR) is 94.2 cm³/mol. The summed E-state index contributed by atoms with van der Waals surface area (Å²) in [6, 6.07) is 9.83. The molecule has 7 nitrogen and oxygen atoms in total. The molecule has 1 aromatic carbocycles. The van der Waals surface area contributed by atoms with E-state index in [1.807, 2.05) is 30.3 Å². The molecule has 7 atom stereocenters. The Morgan fingerprint density at radius 3 is 2.15 bits per heavy atom. The van der Waals surface area contributed by atoms with Crippen molar-refractivity contribution in [2.45, 2.75) is 54.8 Å². The first kappa shape index (κ1) is 20.2. The van der Waals surface area contributed by atoms with E-state index < -0.39 is 41.0 Å². The zero-order valence-corrected chi connectivity index (χ0v) is 17.0. The van der Waals surface area contributed by atoms with E-state index in [0.717, 1.165) is 4.46 Å². The predicted octanol–water partition coefficient (Wildman–Crippen LogP) is -0.397. The van der Waals surface area contributed by atoms with Gasteiger partial charge >= 0.3 is 159 Å². The molecule has 0 unspecified atom stereocenters. The van der Waals surface area contributed by atoms with E-state index in [9.17, 15) is 10.2 Å². The van der Waals surface area contributed by atoms with Crippen molar-refractivity contribution in [2.75, 3.05) is 20.8 Å². The fraction of sp³-hybridized carbons (Fsp3) is 0.667. The summed E-state index contributed by atoms with van der Waals surface area (Å²) in [5.41, 5.74) is 0. The number of aliphatic hydroxyl groups excluding tert-OH is 2. The summed E-state index contributed by atoms with van der Waals surface area (Å²) in [5.74, 6) is -2.43. The van der Waals surface area contributed by atoms with E-state index in [-0.39, 0.29) is 21.6 Å². The second kappa shape index (κ2) is 7.83. The molecule has 0 amide bonds. The van der Waals surface area contributed by atoms with Crippen LogP contribution in [-0.4, -0.2) is 87.0 Å². The summed E-state index contributed by atoms with van der Waals surface area (Å²) in [7, 11) is 3.00. The number of hydrogen-bond donors (Lipinski definition) is 2. The molecule has 0 radical (unpaired) electrons. The third kappa shape index (κ3) is 3.46. The molecule has 0 aliphatic carbocycles. The van der Waals surface area contributed by atoms with Crippen molar-refractivity contribution in [3.63, 3.8) is 0 Å². The summed E-state index contributed by atoms with van der Waals surface area (Å²) < 4.78 is 30.3. The van der Waals surface area contributed by atoms with Crippen molar-refractivity contribution >= 4 is 19.4 Å². The van der Waals surface area contributed by atoms with Gasteiger partial charge in [-0.2, -0.15) is 0 Å². The van der Waals surface area contributed by atoms with Crippen molar-refractivity contribution in [1.29, 1.82) is 0 Å². The molecule has 2 N–H and O–H groups in total. The number of hydrogen-bond acceptors (Lipinski definition) is 7. The van der Waals surface area contributed by atoms with E-state index in [0.29, 0.717) is 0 Å². The van der Waals surface area contributed by atoms with Crippen LogP contribution < -0.4 is 4.46 Å². The van der Waals surface area contributed by atoms with Gasteiger partial charge in [-0.3, -0.25) is 0 Å². The van der Waals surface area contributed by atoms with E-state index in [1.54, 1.807) is 13.8 Å². The zero-order valence-electron chi connectivity index (χ0n) is 15.3. The maximum absolute atomic E-state index is 10.9. The molecule has 0 saturated carbocycles. The van der Waals surface area contributed by atoms with Crippen LogP contribution in [0.3, 0.4) is 0 Å². The first-order valence-electron chi connectivity index (χ1n) is 8.49. The van der Waals surface area contributed by atoms with E-state index >= 15 is 0 Å². The Morgan fingerprint density at radius 1 is 1.04 bits per heavy atom. The van der Waals surface area contributed by atoms with Crippen LogP contribution in [0.1, 0.15) is 13.8 Å². The van der Waals surface area contributed by atoms with Crippen molar-refractivity contribution < 1.29 is 33.9 Å². The molecule has 2 aliphatic rings. The summed E-state index contributed by atoms with van der Waals surface area (Å²) in [6.45, 7) is 3.16. The van der Waals surface area contributed by atoms with Crippen LogP contribution in [0, 0.1) is 0 Å². The number of benzene rings is 1. The van der Waals surface area contributed by atoms with Gasteiger partial charge in [0.1, 0.15) is 0 Å². The van der Waals surface area contributed by atoms with Gasteiger partial charge < -0.3 is 0 Å². The van der Waals surface area contributed by atoms with Gasteiger partial charge in [-0.15, -0.1) is 0 Å². The Hall–Kier alpha value is -0.541. The van der Waals surface area contributed by atoms with Crippen LogP contribution in [0.5, 0.6) is 0 Å². The molecule has 0 bridgehead atoms. The normalized spacial score (nSPS) is 43.1. The van der Waals surface area contributed by atoms with E-state index in [2.05, 4.69) is 0 Å². The first-order chi connectivity index (χ1) is 12.4. The molecule has 2 heterocycles. The molecular weight excluding hydrogens is 407 g/mol. The summed E-state index contributed by atoms with van der Waals surface area (Å²) in [4.78, 5) is 0. The van der Waals surface area contributed by atoms with Crippen molar-refractivity contribution in [2.24, 2.45) is 0 Å². The molecule has 0 aromatic heterocycles. The number of rotatable bonds is 5. The van der Waals surface area contributed by atoms with Crippen LogP contribution in [-0.2, 0) is 23.7 Å². The van der Waals surface area contributed by atoms with Gasteiger partial charge in [-0.05, 0) is 0 Å². The van der Waals surface area contributed by atoms with Gasteiger partial charge in [-0.1, -0.05) is 0 Å². The second-order valence-corrected chi connectivity index (χ2v) is 9.07. The first-order valence-corrected chi connectivity index (χ1v) is 10.3. The fourth-order valence-electron chi connectivity index (χ4n) is 3.25. The Kier molecular flexibility index (Phi) is 6.08. The summed E-state index contributed by atoms with van der Waals surface area (Å²) in [5, 5.41) is 20.3. The molecule has 2 saturated heterocycles. The number of ether oxygens (including phenoxy) is 5. The van der Waals surface area contributed by atoms with Gasteiger partial charge in [0, 0.05) is 0 Å². The van der Waals surface area contributed by atoms with Gasteiger partial charge in [0.2, 0.25) is 0 Å². The fourth-order valence-corrected chi connectivity index (χ4v) is 5.50. The molecular formula is C18H26O7Se. The van der Waals surface area contributed by atoms with E-state index in [1.165, 1.54) is 14.2 Å². The van der Waals surface area contributed by atoms with Crippen LogP contribution in [0.4, 0.5) is 0 Å². The quantitative estimate of drug-likeness (QED) is 0.612. The SMILES string of the molecule is CO[C@@]1(C)O[C@@H]2[C@@H](O[C@]1(C)OC)[C@@H](O)[C@H]([Se]c1ccccc1)O[C@@H]2CO.